The summed E-state index contributed by atoms with van der Waals surface area (Å²) in [6.45, 7) is 9.37. The lowest BCUT2D eigenvalue weighted by molar-refractivity contribution is 0.323. The molecule has 3 unspecified atom stereocenters. The first kappa shape index (κ1) is 15.3. The molecule has 2 heteroatoms. The summed E-state index contributed by atoms with van der Waals surface area (Å²) in [4.78, 5) is 0. The Kier molecular flexibility index (Phi) is 6.15. The molecule has 0 aromatic rings. The predicted octanol–water partition coefficient (Wildman–Crippen LogP) is 3.57. The van der Waals surface area contributed by atoms with Crippen LogP contribution in [-0.4, -0.2) is 25.2 Å². The van der Waals surface area contributed by atoms with Gasteiger partial charge in [-0.3, -0.25) is 0 Å². The summed E-state index contributed by atoms with van der Waals surface area (Å²) in [5, 5.41) is 7.36. The number of rotatable bonds is 8. The van der Waals surface area contributed by atoms with Gasteiger partial charge in [-0.25, -0.2) is 0 Å². The highest BCUT2D eigenvalue weighted by Gasteiger charge is 2.37. The van der Waals surface area contributed by atoms with Crippen LogP contribution in [0.3, 0.4) is 0 Å². The zero-order chi connectivity index (χ0) is 13.7. The Morgan fingerprint density at radius 1 is 0.895 bits per heavy atom. The van der Waals surface area contributed by atoms with Crippen molar-refractivity contribution in [1.29, 1.82) is 0 Å². The molecule has 2 saturated carbocycles. The van der Waals surface area contributed by atoms with E-state index < -0.39 is 0 Å². The summed E-state index contributed by atoms with van der Waals surface area (Å²) in [5.74, 6) is 2.91. The normalized spacial score (nSPS) is 29.7. The third kappa shape index (κ3) is 5.83. The number of hydrogen-bond acceptors (Lipinski definition) is 2. The maximum atomic E-state index is 3.79. The van der Waals surface area contributed by atoms with Gasteiger partial charge >= 0.3 is 0 Å². The van der Waals surface area contributed by atoms with Crippen molar-refractivity contribution in [1.82, 2.24) is 10.6 Å². The first-order valence-electron chi connectivity index (χ1n) is 8.62. The topological polar surface area (TPSA) is 24.1 Å². The lowest BCUT2D eigenvalue weighted by Gasteiger charge is -2.24. The van der Waals surface area contributed by atoms with Gasteiger partial charge in [-0.15, -0.1) is 0 Å². The smallest absolute Gasteiger partial charge is 0.00415 e. The van der Waals surface area contributed by atoms with Gasteiger partial charge in [0.15, 0.2) is 0 Å². The number of hydrogen-bond donors (Lipinski definition) is 2. The van der Waals surface area contributed by atoms with E-state index in [-0.39, 0.29) is 0 Å². The van der Waals surface area contributed by atoms with Crippen molar-refractivity contribution in [2.45, 2.75) is 77.8 Å². The first-order chi connectivity index (χ1) is 9.15. The molecule has 2 aliphatic carbocycles. The second-order valence-corrected chi connectivity index (χ2v) is 7.37. The zero-order valence-electron chi connectivity index (χ0n) is 13.3. The highest BCUT2D eigenvalue weighted by molar-refractivity contribution is 4.90. The Bertz CT molecular complexity index is 246. The third-order valence-corrected chi connectivity index (χ3v) is 4.99. The zero-order valence-corrected chi connectivity index (χ0v) is 13.3. The van der Waals surface area contributed by atoms with Crippen LogP contribution in [-0.2, 0) is 0 Å². The summed E-state index contributed by atoms with van der Waals surface area (Å²) >= 11 is 0. The molecule has 0 spiro atoms. The summed E-state index contributed by atoms with van der Waals surface area (Å²) in [6.07, 6.45) is 10.2. The van der Waals surface area contributed by atoms with Crippen molar-refractivity contribution >= 4 is 0 Å². The minimum atomic E-state index is 0.642. The predicted molar refractivity (Wildman–Crippen MR) is 83.4 cm³/mol. The van der Waals surface area contributed by atoms with E-state index in [4.69, 9.17) is 0 Å². The van der Waals surface area contributed by atoms with Crippen LogP contribution in [0.1, 0.15) is 65.7 Å². The lowest BCUT2D eigenvalue weighted by atomic mass is 9.89. The van der Waals surface area contributed by atoms with Crippen molar-refractivity contribution in [2.24, 2.45) is 17.8 Å². The second-order valence-electron chi connectivity index (χ2n) is 7.37. The Balaban J connectivity index is 1.51. The van der Waals surface area contributed by atoms with Gasteiger partial charge in [0.2, 0.25) is 0 Å². The maximum Gasteiger partial charge on any atom is 0.00415 e. The van der Waals surface area contributed by atoms with Gasteiger partial charge in [0.1, 0.15) is 0 Å². The van der Waals surface area contributed by atoms with E-state index >= 15 is 0 Å². The van der Waals surface area contributed by atoms with E-state index in [9.17, 15) is 0 Å². The van der Waals surface area contributed by atoms with Crippen molar-refractivity contribution in [3.63, 3.8) is 0 Å². The van der Waals surface area contributed by atoms with Crippen LogP contribution in [0, 0.1) is 17.8 Å². The molecule has 2 aliphatic rings. The Morgan fingerprint density at radius 2 is 1.63 bits per heavy atom. The van der Waals surface area contributed by atoms with Crippen LogP contribution in [0.15, 0.2) is 0 Å². The fraction of sp³-hybridized carbons (Fsp3) is 1.00. The Hall–Kier alpha value is -0.0800. The monoisotopic (exact) mass is 266 g/mol. The molecule has 19 heavy (non-hydrogen) atoms. The molecule has 0 heterocycles. The van der Waals surface area contributed by atoms with E-state index in [2.05, 4.69) is 31.4 Å². The van der Waals surface area contributed by atoms with Gasteiger partial charge in [-0.1, -0.05) is 33.1 Å². The maximum absolute atomic E-state index is 3.79. The van der Waals surface area contributed by atoms with Crippen LogP contribution in [0.5, 0.6) is 0 Å². The van der Waals surface area contributed by atoms with Crippen LogP contribution in [0.2, 0.25) is 0 Å². The largest absolute Gasteiger partial charge is 0.314 e. The molecular weight excluding hydrogens is 232 g/mol. The molecule has 0 aromatic carbocycles. The first-order valence-corrected chi connectivity index (χ1v) is 8.62. The lowest BCUT2D eigenvalue weighted by Crippen LogP contribution is -2.32. The molecule has 2 fully saturated rings. The van der Waals surface area contributed by atoms with Gasteiger partial charge in [0.05, 0.1) is 0 Å². The molecule has 0 aliphatic heterocycles. The Morgan fingerprint density at radius 3 is 2.32 bits per heavy atom. The summed E-state index contributed by atoms with van der Waals surface area (Å²) in [5.41, 5.74) is 0. The summed E-state index contributed by atoms with van der Waals surface area (Å²) in [7, 11) is 0. The minimum absolute atomic E-state index is 0.642. The van der Waals surface area contributed by atoms with E-state index in [0.717, 1.165) is 23.8 Å². The van der Waals surface area contributed by atoms with Crippen LogP contribution in [0.25, 0.3) is 0 Å². The fourth-order valence-electron chi connectivity index (χ4n) is 3.53. The quantitative estimate of drug-likeness (QED) is 0.702. The average Bonchev–Trinajstić information content (AvgIpc) is 3.13. The van der Waals surface area contributed by atoms with Gasteiger partial charge in [0.25, 0.3) is 0 Å². The van der Waals surface area contributed by atoms with Crippen LogP contribution in [0.4, 0.5) is 0 Å². The highest BCUT2D eigenvalue weighted by atomic mass is 14.9. The minimum Gasteiger partial charge on any atom is -0.314 e. The molecular formula is C17H34N2. The Labute approximate surface area is 120 Å². The second kappa shape index (κ2) is 7.64. The molecule has 0 amide bonds. The molecule has 0 bridgehead atoms. The SMILES string of the molecule is CC(C)NCC1CC1CC(C)NCC1CCCCC1. The summed E-state index contributed by atoms with van der Waals surface area (Å²) in [6, 6.07) is 1.36. The van der Waals surface area contributed by atoms with Gasteiger partial charge < -0.3 is 10.6 Å². The van der Waals surface area contributed by atoms with Crippen molar-refractivity contribution < 1.29 is 0 Å². The highest BCUT2D eigenvalue weighted by Crippen LogP contribution is 2.41. The third-order valence-electron chi connectivity index (χ3n) is 4.99. The molecule has 2 rings (SSSR count). The van der Waals surface area contributed by atoms with Crippen LogP contribution >= 0.6 is 0 Å². The van der Waals surface area contributed by atoms with E-state index in [1.165, 1.54) is 58.0 Å². The molecule has 2 nitrogen and oxygen atoms in total. The van der Waals surface area contributed by atoms with Gasteiger partial charge in [0, 0.05) is 12.1 Å². The van der Waals surface area contributed by atoms with Crippen molar-refractivity contribution in [3.05, 3.63) is 0 Å². The van der Waals surface area contributed by atoms with Crippen molar-refractivity contribution in [3.8, 4) is 0 Å². The average molecular weight is 266 g/mol. The summed E-state index contributed by atoms with van der Waals surface area (Å²) < 4.78 is 0. The van der Waals surface area contributed by atoms with Crippen molar-refractivity contribution in [2.75, 3.05) is 13.1 Å². The number of nitrogens with one attached hydrogen (secondary N) is 2. The molecule has 0 saturated heterocycles. The molecule has 0 radical (unpaired) electrons. The molecule has 112 valence electrons. The van der Waals surface area contributed by atoms with Gasteiger partial charge in [-0.05, 0) is 63.5 Å². The van der Waals surface area contributed by atoms with E-state index in [1.807, 2.05) is 0 Å². The van der Waals surface area contributed by atoms with Crippen LogP contribution < -0.4 is 10.6 Å². The van der Waals surface area contributed by atoms with E-state index in [1.54, 1.807) is 0 Å². The standard InChI is InChI=1S/C17H34N2/c1-13(2)18-12-17-10-16(17)9-14(3)19-11-15-7-5-4-6-8-15/h13-19H,4-12H2,1-3H3. The molecule has 3 atom stereocenters. The molecule has 2 N–H and O–H groups in total. The molecule has 0 aromatic heterocycles. The van der Waals surface area contributed by atoms with E-state index in [0.29, 0.717) is 6.04 Å². The fourth-order valence-corrected chi connectivity index (χ4v) is 3.53. The van der Waals surface area contributed by atoms with Gasteiger partial charge in [-0.2, -0.15) is 0 Å².